The average molecular weight is 358 g/mol. The summed E-state index contributed by atoms with van der Waals surface area (Å²) in [6, 6.07) is 5.70. The van der Waals surface area contributed by atoms with Gasteiger partial charge in [0.15, 0.2) is 0 Å². The lowest BCUT2D eigenvalue weighted by Gasteiger charge is -2.15. The van der Waals surface area contributed by atoms with Crippen molar-refractivity contribution in [2.45, 2.75) is 19.8 Å². The van der Waals surface area contributed by atoms with Gasteiger partial charge in [0.05, 0.1) is 0 Å². The largest absolute Gasteiger partial charge is 0.334 e. The van der Waals surface area contributed by atoms with E-state index in [9.17, 15) is 9.59 Å². The number of hydrogen-bond donors (Lipinski definition) is 1. The third-order valence-electron chi connectivity index (χ3n) is 3.02. The number of nitrogens with one attached hydrogen (secondary N) is 1. The molecule has 1 heterocycles. The Balaban J connectivity index is 2.04. The molecule has 0 bridgehead atoms. The summed E-state index contributed by atoms with van der Waals surface area (Å²) in [6.45, 7) is 3.30. The Bertz CT molecular complexity index is 482. The van der Waals surface area contributed by atoms with Gasteiger partial charge in [-0.25, -0.2) is 0 Å². The Morgan fingerprint density at radius 3 is 2.56 bits per heavy atom. The Labute approximate surface area is 120 Å². The number of hydrogen-bond acceptors (Lipinski definition) is 2. The van der Waals surface area contributed by atoms with Gasteiger partial charge in [-0.15, -0.1) is 0 Å². The minimum atomic E-state index is -0.541. The van der Waals surface area contributed by atoms with Crippen LogP contribution in [0.4, 0.5) is 5.69 Å². The van der Waals surface area contributed by atoms with E-state index in [0.29, 0.717) is 18.8 Å². The van der Waals surface area contributed by atoms with E-state index in [4.69, 9.17) is 0 Å². The van der Waals surface area contributed by atoms with Crippen molar-refractivity contribution in [2.24, 2.45) is 0 Å². The van der Waals surface area contributed by atoms with E-state index in [2.05, 4.69) is 27.9 Å². The Kier molecular flexibility index (Phi) is 4.21. The predicted octanol–water partition coefficient (Wildman–Crippen LogP) is 2.16. The quantitative estimate of drug-likeness (QED) is 0.618. The van der Waals surface area contributed by atoms with Crippen LogP contribution in [0.15, 0.2) is 18.2 Å². The Morgan fingerprint density at radius 1 is 1.28 bits per heavy atom. The van der Waals surface area contributed by atoms with E-state index in [-0.39, 0.29) is 0 Å². The molecule has 0 radical (unpaired) electrons. The summed E-state index contributed by atoms with van der Waals surface area (Å²) in [4.78, 5) is 25.3. The summed E-state index contributed by atoms with van der Waals surface area (Å²) in [6.07, 6.45) is 1.98. The van der Waals surface area contributed by atoms with Crippen LogP contribution in [0.3, 0.4) is 0 Å². The highest BCUT2D eigenvalue weighted by Gasteiger charge is 2.24. The normalized spacial score (nSPS) is 14.7. The molecule has 1 aliphatic rings. The molecule has 1 aromatic carbocycles. The van der Waals surface area contributed by atoms with Gasteiger partial charge in [-0.3, -0.25) is 9.59 Å². The molecule has 2 amide bonds. The molecule has 1 saturated heterocycles. The van der Waals surface area contributed by atoms with Gasteiger partial charge >= 0.3 is 11.8 Å². The van der Waals surface area contributed by atoms with E-state index in [1.54, 1.807) is 4.90 Å². The van der Waals surface area contributed by atoms with Crippen LogP contribution in [-0.2, 0) is 9.59 Å². The van der Waals surface area contributed by atoms with Crippen molar-refractivity contribution in [3.8, 4) is 0 Å². The molecule has 0 aliphatic carbocycles. The third-order valence-corrected chi connectivity index (χ3v) is 3.70. The minimum absolute atomic E-state index is 0.426. The molecule has 0 unspecified atom stereocenters. The number of carbonyl (C=O) groups excluding carboxylic acids is 2. The second-order valence-electron chi connectivity index (χ2n) is 4.41. The SMILES string of the molecule is Cc1cc(I)ccc1NC(=O)C(=O)N1CCCC1. The first-order valence-electron chi connectivity index (χ1n) is 5.94. The maximum Gasteiger partial charge on any atom is 0.313 e. The van der Waals surface area contributed by atoms with Crippen molar-refractivity contribution in [1.82, 2.24) is 4.90 Å². The standard InChI is InChI=1S/C13H15IN2O2/c1-9-8-10(14)4-5-11(9)15-12(17)13(18)16-6-2-3-7-16/h4-5,8H,2-3,6-7H2,1H3,(H,15,17). The lowest BCUT2D eigenvalue weighted by Crippen LogP contribution is -2.37. The number of carbonyl (C=O) groups is 2. The van der Waals surface area contributed by atoms with Gasteiger partial charge in [0.25, 0.3) is 0 Å². The lowest BCUT2D eigenvalue weighted by atomic mass is 10.2. The number of anilines is 1. The van der Waals surface area contributed by atoms with Crippen LogP contribution in [0.2, 0.25) is 0 Å². The van der Waals surface area contributed by atoms with Crippen LogP contribution in [0.1, 0.15) is 18.4 Å². The number of likely N-dealkylation sites (tertiary alicyclic amines) is 1. The van der Waals surface area contributed by atoms with E-state index in [0.717, 1.165) is 22.0 Å². The summed E-state index contributed by atoms with van der Waals surface area (Å²) in [7, 11) is 0. The summed E-state index contributed by atoms with van der Waals surface area (Å²) in [5.41, 5.74) is 1.66. The number of nitrogens with zero attached hydrogens (tertiary/aromatic N) is 1. The maximum atomic E-state index is 11.8. The summed E-state index contributed by atoms with van der Waals surface area (Å²) in [5.74, 6) is -0.966. The van der Waals surface area contributed by atoms with Crippen LogP contribution in [0.25, 0.3) is 0 Å². The van der Waals surface area contributed by atoms with E-state index >= 15 is 0 Å². The number of amides is 2. The highest BCUT2D eigenvalue weighted by molar-refractivity contribution is 14.1. The minimum Gasteiger partial charge on any atom is -0.334 e. The van der Waals surface area contributed by atoms with Gasteiger partial charge in [0.2, 0.25) is 0 Å². The fourth-order valence-corrected chi connectivity index (χ4v) is 2.65. The molecule has 96 valence electrons. The van der Waals surface area contributed by atoms with Crippen molar-refractivity contribution in [1.29, 1.82) is 0 Å². The van der Waals surface area contributed by atoms with Crippen molar-refractivity contribution in [2.75, 3.05) is 18.4 Å². The highest BCUT2D eigenvalue weighted by atomic mass is 127. The van der Waals surface area contributed by atoms with Crippen LogP contribution in [0, 0.1) is 10.5 Å². The number of rotatable bonds is 1. The molecule has 18 heavy (non-hydrogen) atoms. The molecule has 4 nitrogen and oxygen atoms in total. The molecule has 1 aromatic rings. The lowest BCUT2D eigenvalue weighted by molar-refractivity contribution is -0.142. The molecule has 2 rings (SSSR count). The molecule has 0 spiro atoms. The molecule has 0 aromatic heterocycles. The van der Waals surface area contributed by atoms with Gasteiger partial charge < -0.3 is 10.2 Å². The summed E-state index contributed by atoms with van der Waals surface area (Å²) >= 11 is 2.21. The molecular weight excluding hydrogens is 343 g/mol. The molecule has 0 saturated carbocycles. The van der Waals surface area contributed by atoms with E-state index < -0.39 is 11.8 Å². The fourth-order valence-electron chi connectivity index (χ4n) is 2.01. The summed E-state index contributed by atoms with van der Waals surface area (Å²) < 4.78 is 1.11. The first-order valence-corrected chi connectivity index (χ1v) is 7.02. The van der Waals surface area contributed by atoms with Gasteiger partial charge in [-0.05, 0) is 66.1 Å². The van der Waals surface area contributed by atoms with Crippen LogP contribution < -0.4 is 5.32 Å². The number of aryl methyl sites for hydroxylation is 1. The van der Waals surface area contributed by atoms with Crippen molar-refractivity contribution in [3.63, 3.8) is 0 Å². The monoisotopic (exact) mass is 358 g/mol. The van der Waals surface area contributed by atoms with E-state index in [1.165, 1.54) is 0 Å². The fraction of sp³-hybridized carbons (Fsp3) is 0.385. The molecule has 1 fully saturated rings. The zero-order valence-corrected chi connectivity index (χ0v) is 12.4. The molecule has 1 aliphatic heterocycles. The zero-order chi connectivity index (χ0) is 13.1. The first-order chi connectivity index (χ1) is 8.58. The van der Waals surface area contributed by atoms with Gasteiger partial charge in [-0.2, -0.15) is 0 Å². The highest BCUT2D eigenvalue weighted by Crippen LogP contribution is 2.18. The molecule has 1 N–H and O–H groups in total. The van der Waals surface area contributed by atoms with Crippen molar-refractivity contribution in [3.05, 3.63) is 27.3 Å². The molecule has 5 heteroatoms. The van der Waals surface area contributed by atoms with Gasteiger partial charge in [0.1, 0.15) is 0 Å². The topological polar surface area (TPSA) is 49.4 Å². The van der Waals surface area contributed by atoms with Gasteiger partial charge in [-0.1, -0.05) is 0 Å². The number of halogens is 1. The first kappa shape index (κ1) is 13.3. The molecular formula is C13H15IN2O2. The van der Waals surface area contributed by atoms with Gasteiger partial charge in [0, 0.05) is 22.3 Å². The van der Waals surface area contributed by atoms with Crippen LogP contribution in [0.5, 0.6) is 0 Å². The average Bonchev–Trinajstić information content (AvgIpc) is 2.85. The van der Waals surface area contributed by atoms with E-state index in [1.807, 2.05) is 25.1 Å². The number of benzene rings is 1. The van der Waals surface area contributed by atoms with Crippen molar-refractivity contribution >= 4 is 40.1 Å². The zero-order valence-electron chi connectivity index (χ0n) is 10.2. The second kappa shape index (κ2) is 5.69. The Hall–Kier alpha value is -1.11. The second-order valence-corrected chi connectivity index (χ2v) is 5.66. The molecule has 0 atom stereocenters. The van der Waals surface area contributed by atoms with Crippen LogP contribution in [-0.4, -0.2) is 29.8 Å². The van der Waals surface area contributed by atoms with Crippen molar-refractivity contribution < 1.29 is 9.59 Å². The smallest absolute Gasteiger partial charge is 0.313 e. The third kappa shape index (κ3) is 3.01. The summed E-state index contributed by atoms with van der Waals surface area (Å²) in [5, 5.41) is 2.68. The maximum absolute atomic E-state index is 11.8. The van der Waals surface area contributed by atoms with Crippen LogP contribution >= 0.6 is 22.6 Å². The predicted molar refractivity (Wildman–Crippen MR) is 78.3 cm³/mol. The Morgan fingerprint density at radius 2 is 1.94 bits per heavy atom.